The molecule has 1 amide bonds. The normalized spacial score (nSPS) is 26.5. The summed E-state index contributed by atoms with van der Waals surface area (Å²) < 4.78 is 22.7. The van der Waals surface area contributed by atoms with Crippen LogP contribution in [0.2, 0.25) is 0 Å². The van der Waals surface area contributed by atoms with Crippen molar-refractivity contribution < 1.29 is 64.6 Å². The summed E-state index contributed by atoms with van der Waals surface area (Å²) in [5.41, 5.74) is 0. The lowest BCUT2D eigenvalue weighted by molar-refractivity contribution is -0.359. The summed E-state index contributed by atoms with van der Waals surface area (Å²) >= 11 is 0. The van der Waals surface area contributed by atoms with Crippen molar-refractivity contribution in [1.82, 2.24) is 5.32 Å². The standard InChI is InChI=1S/C55H99NO13/c1-3-5-7-9-11-13-15-17-19-20-21-22-23-24-25-26-28-30-32-34-36-38-44(59)43(56-47(60)39-37-35-33-31-29-27-18-16-14-12-10-8-6-4-2)42-66-54-52(65)50(63)53(46(41-58)68-54)69-55-51(64)49(62)48(61)45(40-57)67-55/h10,12,16,18,28,30,36,38,43-46,48-55,57-59,61-65H,3-9,11,13-15,17,19-27,29,31-35,37,39-42H2,1-2H3,(H,56,60)/b12-10-,18-16-,30-28+,38-36+. The summed E-state index contributed by atoms with van der Waals surface area (Å²) in [6.07, 6.45) is 33.0. The van der Waals surface area contributed by atoms with Crippen molar-refractivity contribution in [3.63, 3.8) is 0 Å². The molecule has 2 saturated heterocycles. The average Bonchev–Trinajstić information content (AvgIpc) is 3.35. The van der Waals surface area contributed by atoms with E-state index in [1.165, 1.54) is 109 Å². The molecule has 0 spiro atoms. The fraction of sp³-hybridized carbons (Fsp3) is 0.836. The van der Waals surface area contributed by atoms with Gasteiger partial charge >= 0.3 is 0 Å². The van der Waals surface area contributed by atoms with Gasteiger partial charge in [-0.15, -0.1) is 0 Å². The molecule has 14 nitrogen and oxygen atoms in total. The van der Waals surface area contributed by atoms with E-state index in [-0.39, 0.29) is 18.9 Å². The van der Waals surface area contributed by atoms with Gasteiger partial charge in [0.1, 0.15) is 48.8 Å². The molecule has 402 valence electrons. The molecule has 0 aliphatic carbocycles. The molecule has 0 bridgehead atoms. The molecule has 14 heteroatoms. The number of hydrogen-bond acceptors (Lipinski definition) is 13. The van der Waals surface area contributed by atoms with Crippen LogP contribution in [-0.4, -0.2) is 140 Å². The molecule has 69 heavy (non-hydrogen) atoms. The summed E-state index contributed by atoms with van der Waals surface area (Å²) in [6, 6.07) is -0.939. The van der Waals surface area contributed by atoms with E-state index in [1.54, 1.807) is 6.08 Å². The molecular formula is C55H99NO13. The highest BCUT2D eigenvalue weighted by atomic mass is 16.7. The van der Waals surface area contributed by atoms with Crippen LogP contribution in [0.3, 0.4) is 0 Å². The van der Waals surface area contributed by atoms with Crippen LogP contribution in [0.25, 0.3) is 0 Å². The van der Waals surface area contributed by atoms with Crippen LogP contribution in [-0.2, 0) is 23.7 Å². The molecule has 0 saturated carbocycles. The number of carbonyl (C=O) groups is 1. The molecule has 0 radical (unpaired) electrons. The summed E-state index contributed by atoms with van der Waals surface area (Å²) in [7, 11) is 0. The van der Waals surface area contributed by atoms with Crippen molar-refractivity contribution in [2.45, 2.75) is 274 Å². The van der Waals surface area contributed by atoms with Crippen molar-refractivity contribution in [3.8, 4) is 0 Å². The Hall–Kier alpha value is -2.05. The maximum atomic E-state index is 13.2. The number of aliphatic hydroxyl groups is 8. The van der Waals surface area contributed by atoms with Crippen LogP contribution in [0, 0.1) is 0 Å². The fourth-order valence-corrected chi connectivity index (χ4v) is 8.73. The van der Waals surface area contributed by atoms with Gasteiger partial charge in [0, 0.05) is 6.42 Å². The number of hydrogen-bond donors (Lipinski definition) is 9. The smallest absolute Gasteiger partial charge is 0.220 e. The van der Waals surface area contributed by atoms with Crippen LogP contribution in [0.5, 0.6) is 0 Å². The number of aliphatic hydroxyl groups excluding tert-OH is 8. The summed E-state index contributed by atoms with van der Waals surface area (Å²) in [4.78, 5) is 13.2. The molecule has 2 aliphatic rings. The Labute approximate surface area is 416 Å². The zero-order valence-electron chi connectivity index (χ0n) is 42.8. The highest BCUT2D eigenvalue weighted by molar-refractivity contribution is 5.76. The van der Waals surface area contributed by atoms with Gasteiger partial charge in [-0.05, 0) is 57.8 Å². The third kappa shape index (κ3) is 28.1. The lowest BCUT2D eigenvalue weighted by Crippen LogP contribution is -2.65. The Kier molecular flexibility index (Phi) is 37.9. The molecule has 2 fully saturated rings. The first-order valence-corrected chi connectivity index (χ1v) is 27.4. The van der Waals surface area contributed by atoms with E-state index < -0.39 is 86.8 Å². The molecule has 2 aliphatic heterocycles. The van der Waals surface area contributed by atoms with Gasteiger partial charge in [0.05, 0.1) is 32.0 Å². The number of nitrogens with one attached hydrogen (secondary N) is 1. The number of ether oxygens (including phenoxy) is 4. The van der Waals surface area contributed by atoms with E-state index >= 15 is 0 Å². The third-order valence-electron chi connectivity index (χ3n) is 13.2. The lowest BCUT2D eigenvalue weighted by Gasteiger charge is -2.46. The predicted molar refractivity (Wildman–Crippen MR) is 272 cm³/mol. The number of allylic oxidation sites excluding steroid dienone is 7. The van der Waals surface area contributed by atoms with Gasteiger partial charge in [0.15, 0.2) is 12.6 Å². The van der Waals surface area contributed by atoms with Crippen LogP contribution < -0.4 is 5.32 Å². The molecule has 2 rings (SSSR count). The zero-order valence-corrected chi connectivity index (χ0v) is 42.8. The molecule has 12 unspecified atom stereocenters. The van der Waals surface area contributed by atoms with Crippen molar-refractivity contribution in [2.24, 2.45) is 0 Å². The monoisotopic (exact) mass is 982 g/mol. The minimum Gasteiger partial charge on any atom is -0.394 e. The lowest BCUT2D eigenvalue weighted by atomic mass is 9.97. The fourth-order valence-electron chi connectivity index (χ4n) is 8.73. The van der Waals surface area contributed by atoms with Gasteiger partial charge in [-0.2, -0.15) is 0 Å². The topological polar surface area (TPSA) is 228 Å². The highest BCUT2D eigenvalue weighted by Crippen LogP contribution is 2.30. The van der Waals surface area contributed by atoms with E-state index in [2.05, 4.69) is 55.6 Å². The second-order valence-electron chi connectivity index (χ2n) is 19.3. The Morgan fingerprint density at radius 1 is 0.522 bits per heavy atom. The van der Waals surface area contributed by atoms with Crippen molar-refractivity contribution in [1.29, 1.82) is 0 Å². The second kappa shape index (κ2) is 41.4. The molecule has 12 atom stereocenters. The van der Waals surface area contributed by atoms with Gasteiger partial charge in [0.25, 0.3) is 0 Å². The van der Waals surface area contributed by atoms with E-state index in [0.717, 1.165) is 57.8 Å². The summed E-state index contributed by atoms with van der Waals surface area (Å²) in [6.45, 7) is 2.72. The van der Waals surface area contributed by atoms with Crippen molar-refractivity contribution in [2.75, 3.05) is 19.8 Å². The summed E-state index contributed by atoms with van der Waals surface area (Å²) in [5, 5.41) is 86.8. The van der Waals surface area contributed by atoms with Gasteiger partial charge in [-0.25, -0.2) is 0 Å². The second-order valence-corrected chi connectivity index (χ2v) is 19.3. The quantitative estimate of drug-likeness (QED) is 0.0209. The first kappa shape index (κ1) is 63.1. The van der Waals surface area contributed by atoms with Crippen molar-refractivity contribution in [3.05, 3.63) is 48.6 Å². The SMILES string of the molecule is CCCC/C=C\C/C=C\CCCCCCCC(=O)NC(COC1OC(CO)C(OC2OC(CO)C(O)C(O)C2O)C(O)C1O)C(O)/C=C/CC/C=C/CCCCCCCCCCCCCCCCC. The van der Waals surface area contributed by atoms with Gasteiger partial charge < -0.3 is 65.1 Å². The maximum absolute atomic E-state index is 13.2. The highest BCUT2D eigenvalue weighted by Gasteiger charge is 2.51. The van der Waals surface area contributed by atoms with Crippen LogP contribution in [0.15, 0.2) is 48.6 Å². The molecule has 0 aromatic heterocycles. The largest absolute Gasteiger partial charge is 0.394 e. The number of unbranched alkanes of at least 4 members (excludes halogenated alkanes) is 23. The molecule has 2 heterocycles. The van der Waals surface area contributed by atoms with Crippen LogP contribution in [0.1, 0.15) is 200 Å². The van der Waals surface area contributed by atoms with Crippen LogP contribution in [0.4, 0.5) is 0 Å². The van der Waals surface area contributed by atoms with Gasteiger partial charge in [0.2, 0.25) is 5.91 Å². The van der Waals surface area contributed by atoms with Gasteiger partial charge in [-0.1, -0.05) is 184 Å². The Morgan fingerprint density at radius 3 is 1.55 bits per heavy atom. The van der Waals surface area contributed by atoms with E-state index in [1.807, 2.05) is 6.08 Å². The average molecular weight is 982 g/mol. The Bertz CT molecular complexity index is 1340. The van der Waals surface area contributed by atoms with Gasteiger partial charge in [-0.3, -0.25) is 4.79 Å². The Balaban J connectivity index is 1.83. The molecule has 9 N–H and O–H groups in total. The van der Waals surface area contributed by atoms with Crippen molar-refractivity contribution >= 4 is 5.91 Å². The van der Waals surface area contributed by atoms with Crippen LogP contribution >= 0.6 is 0 Å². The van der Waals surface area contributed by atoms with E-state index in [4.69, 9.17) is 18.9 Å². The minimum absolute atomic E-state index is 0.256. The molecular weight excluding hydrogens is 883 g/mol. The van der Waals surface area contributed by atoms with E-state index in [9.17, 15) is 45.6 Å². The number of rotatable bonds is 42. The third-order valence-corrected chi connectivity index (χ3v) is 13.2. The zero-order chi connectivity index (χ0) is 50.3. The molecule has 0 aromatic rings. The first-order valence-electron chi connectivity index (χ1n) is 27.4. The maximum Gasteiger partial charge on any atom is 0.220 e. The van der Waals surface area contributed by atoms with E-state index in [0.29, 0.717) is 12.8 Å². The number of amides is 1. The number of carbonyl (C=O) groups excluding carboxylic acids is 1. The first-order chi connectivity index (χ1) is 33.6. The summed E-state index contributed by atoms with van der Waals surface area (Å²) in [5.74, 6) is -0.265. The predicted octanol–water partition coefficient (Wildman–Crippen LogP) is 8.05. The minimum atomic E-state index is -1.79. The molecule has 0 aromatic carbocycles. The Morgan fingerprint density at radius 2 is 0.986 bits per heavy atom.